The quantitative estimate of drug-likeness (QED) is 0.684. The fourth-order valence-corrected chi connectivity index (χ4v) is 3.39. The topological polar surface area (TPSA) is 150 Å². The van der Waals surface area contributed by atoms with Crippen molar-refractivity contribution in [3.05, 3.63) is 35.9 Å². The number of urea groups is 1. The summed E-state index contributed by atoms with van der Waals surface area (Å²) in [7, 11) is -1.55. The minimum Gasteiger partial charge on any atom is -0.481 e. The molecule has 1 aliphatic rings. The van der Waals surface area contributed by atoms with Gasteiger partial charge in [0.1, 0.15) is 11.5 Å². The monoisotopic (exact) mass is 423 g/mol. The summed E-state index contributed by atoms with van der Waals surface area (Å²) in [5.41, 5.74) is 0.145. The van der Waals surface area contributed by atoms with E-state index in [0.29, 0.717) is 0 Å². The molecule has 1 aromatic heterocycles. The lowest BCUT2D eigenvalue weighted by molar-refractivity contribution is 0.0653. The first-order valence-corrected chi connectivity index (χ1v) is 9.64. The Bertz CT molecular complexity index is 1020. The minimum atomic E-state index is -4.29. The van der Waals surface area contributed by atoms with Crippen LogP contribution in [0.1, 0.15) is 5.56 Å². The van der Waals surface area contributed by atoms with Crippen molar-refractivity contribution >= 4 is 27.9 Å². The molecule has 0 saturated carbocycles. The van der Waals surface area contributed by atoms with Gasteiger partial charge in [0.2, 0.25) is 17.7 Å². The first-order valence-electron chi connectivity index (χ1n) is 8.16. The Labute approximate surface area is 165 Å². The summed E-state index contributed by atoms with van der Waals surface area (Å²) in [6, 6.07) is 6.19. The summed E-state index contributed by atoms with van der Waals surface area (Å²) in [5, 5.41) is 5.93. The molecule has 2 heterocycles. The number of methoxy groups -OCH3 is 2. The average molecular weight is 423 g/mol. The standard InChI is InChI=1S/C16H17N5O7S/c1-25-12-9-13(26-2)18-15(17-12)19-16(22)21-29(23,24)11-6-4-3-5-10(11)14-20-28-8-7-27-14/h3-6,9H,7-8H2,1-2H3,(H2,17,18,19,21,22). The van der Waals surface area contributed by atoms with Gasteiger partial charge in [-0.1, -0.05) is 12.1 Å². The molecule has 29 heavy (non-hydrogen) atoms. The molecule has 0 bridgehead atoms. The van der Waals surface area contributed by atoms with Gasteiger partial charge in [0, 0.05) is 0 Å². The Kier molecular flexibility index (Phi) is 5.97. The van der Waals surface area contributed by atoms with Gasteiger partial charge >= 0.3 is 6.03 Å². The van der Waals surface area contributed by atoms with Gasteiger partial charge in [0.25, 0.3) is 15.9 Å². The third kappa shape index (κ3) is 4.82. The molecule has 0 unspecified atom stereocenters. The van der Waals surface area contributed by atoms with Gasteiger partial charge in [-0.3, -0.25) is 5.32 Å². The van der Waals surface area contributed by atoms with Crippen LogP contribution in [0.25, 0.3) is 0 Å². The van der Waals surface area contributed by atoms with Crippen LogP contribution in [-0.2, 0) is 19.6 Å². The minimum absolute atomic E-state index is 0.00139. The first-order chi connectivity index (χ1) is 13.9. The van der Waals surface area contributed by atoms with E-state index in [2.05, 4.69) is 20.4 Å². The lowest BCUT2D eigenvalue weighted by atomic mass is 10.2. The summed E-state index contributed by atoms with van der Waals surface area (Å²) < 4.78 is 42.6. The summed E-state index contributed by atoms with van der Waals surface area (Å²) in [6.07, 6.45) is 0. The molecule has 0 spiro atoms. The highest BCUT2D eigenvalue weighted by Gasteiger charge is 2.25. The maximum absolute atomic E-state index is 12.7. The molecule has 13 heteroatoms. The number of ether oxygens (including phenoxy) is 3. The van der Waals surface area contributed by atoms with Gasteiger partial charge in [0.15, 0.2) is 6.61 Å². The molecule has 1 aliphatic heterocycles. The van der Waals surface area contributed by atoms with Crippen molar-refractivity contribution in [2.24, 2.45) is 5.16 Å². The number of amides is 2. The molecular formula is C16H17N5O7S. The zero-order valence-corrected chi connectivity index (χ0v) is 16.2. The number of hydrogen-bond donors (Lipinski definition) is 2. The van der Waals surface area contributed by atoms with E-state index >= 15 is 0 Å². The molecule has 2 aromatic rings. The molecule has 12 nitrogen and oxygen atoms in total. The average Bonchev–Trinajstić information content (AvgIpc) is 2.73. The number of oxime groups is 1. The number of carbonyl (C=O) groups excluding carboxylic acids is 1. The molecule has 0 atom stereocenters. The lowest BCUT2D eigenvalue weighted by Crippen LogP contribution is -2.36. The van der Waals surface area contributed by atoms with E-state index in [1.807, 2.05) is 4.72 Å². The number of aromatic nitrogens is 2. The predicted octanol–water partition coefficient (Wildman–Crippen LogP) is 0.713. The molecule has 3 rings (SSSR count). The predicted molar refractivity (Wildman–Crippen MR) is 99.4 cm³/mol. The van der Waals surface area contributed by atoms with Gasteiger partial charge in [-0.15, -0.1) is 0 Å². The van der Waals surface area contributed by atoms with Gasteiger partial charge < -0.3 is 19.0 Å². The van der Waals surface area contributed by atoms with Gasteiger partial charge in [-0.2, -0.15) is 9.97 Å². The molecule has 0 aliphatic carbocycles. The van der Waals surface area contributed by atoms with E-state index in [1.165, 1.54) is 38.5 Å². The maximum Gasteiger partial charge on any atom is 0.335 e. The summed E-state index contributed by atoms with van der Waals surface area (Å²) >= 11 is 0. The van der Waals surface area contributed by atoms with Crippen molar-refractivity contribution in [3.63, 3.8) is 0 Å². The second-order valence-corrected chi connectivity index (χ2v) is 7.06. The smallest absolute Gasteiger partial charge is 0.335 e. The molecule has 0 radical (unpaired) electrons. The normalized spacial score (nSPS) is 13.4. The van der Waals surface area contributed by atoms with E-state index in [9.17, 15) is 13.2 Å². The van der Waals surface area contributed by atoms with Gasteiger partial charge in [-0.05, 0) is 17.3 Å². The van der Waals surface area contributed by atoms with E-state index in [1.54, 1.807) is 6.07 Å². The first kappa shape index (κ1) is 20.1. The van der Waals surface area contributed by atoms with E-state index in [-0.39, 0.29) is 47.3 Å². The second-order valence-electron chi connectivity index (χ2n) is 5.41. The third-order valence-corrected chi connectivity index (χ3v) is 4.91. The van der Waals surface area contributed by atoms with Crippen molar-refractivity contribution in [2.75, 3.05) is 32.8 Å². The van der Waals surface area contributed by atoms with Gasteiger partial charge in [0.05, 0.1) is 25.8 Å². The lowest BCUT2D eigenvalue weighted by Gasteiger charge is -2.16. The molecule has 2 amide bonds. The summed E-state index contributed by atoms with van der Waals surface area (Å²) in [5.74, 6) is 0.0229. The number of hydrogen-bond acceptors (Lipinski definition) is 10. The highest BCUT2D eigenvalue weighted by molar-refractivity contribution is 7.90. The maximum atomic E-state index is 12.7. The second kappa shape index (κ2) is 8.60. The van der Waals surface area contributed by atoms with Crippen LogP contribution in [0.5, 0.6) is 11.8 Å². The van der Waals surface area contributed by atoms with Crippen LogP contribution in [-0.4, -0.2) is 57.7 Å². The summed E-state index contributed by atoms with van der Waals surface area (Å²) in [6.45, 7) is 0.471. The molecule has 0 saturated heterocycles. The van der Waals surface area contributed by atoms with E-state index < -0.39 is 16.1 Å². The Hall–Kier alpha value is -3.61. The number of rotatable bonds is 6. The van der Waals surface area contributed by atoms with Crippen molar-refractivity contribution < 1.29 is 32.3 Å². The number of carbonyl (C=O) groups is 1. The van der Waals surface area contributed by atoms with Gasteiger partial charge in [-0.25, -0.2) is 17.9 Å². The molecule has 154 valence electrons. The number of nitrogens with zero attached hydrogens (tertiary/aromatic N) is 3. The molecule has 0 fully saturated rings. The van der Waals surface area contributed by atoms with Crippen LogP contribution in [0.3, 0.4) is 0 Å². The van der Waals surface area contributed by atoms with Crippen LogP contribution in [0.4, 0.5) is 10.7 Å². The van der Waals surface area contributed by atoms with Crippen molar-refractivity contribution in [3.8, 4) is 11.8 Å². The zero-order chi connectivity index (χ0) is 20.9. The third-order valence-electron chi connectivity index (χ3n) is 3.52. The number of anilines is 1. The van der Waals surface area contributed by atoms with Crippen LogP contribution in [0.15, 0.2) is 40.4 Å². The van der Waals surface area contributed by atoms with Crippen molar-refractivity contribution in [2.45, 2.75) is 4.90 Å². The Morgan fingerprint density at radius 3 is 2.41 bits per heavy atom. The van der Waals surface area contributed by atoms with Crippen LogP contribution >= 0.6 is 0 Å². The Balaban J connectivity index is 1.82. The highest BCUT2D eigenvalue weighted by Crippen LogP contribution is 2.19. The Morgan fingerprint density at radius 2 is 1.79 bits per heavy atom. The number of benzene rings is 1. The van der Waals surface area contributed by atoms with Crippen molar-refractivity contribution in [1.29, 1.82) is 0 Å². The largest absolute Gasteiger partial charge is 0.481 e. The van der Waals surface area contributed by atoms with Crippen LogP contribution in [0, 0.1) is 0 Å². The van der Waals surface area contributed by atoms with E-state index in [0.717, 1.165) is 0 Å². The molecule has 2 N–H and O–H groups in total. The number of sulfonamides is 1. The summed E-state index contributed by atoms with van der Waals surface area (Å²) in [4.78, 5) is 24.8. The fourth-order valence-electron chi connectivity index (χ4n) is 2.28. The van der Waals surface area contributed by atoms with Crippen LogP contribution in [0.2, 0.25) is 0 Å². The number of nitrogens with one attached hydrogen (secondary N) is 2. The zero-order valence-electron chi connectivity index (χ0n) is 15.4. The highest BCUT2D eigenvalue weighted by atomic mass is 32.2. The van der Waals surface area contributed by atoms with Crippen molar-refractivity contribution in [1.82, 2.24) is 14.7 Å². The SMILES string of the molecule is COc1cc(OC)nc(NC(=O)NS(=O)(=O)c2ccccc2C2=NOCCO2)n1. The van der Waals surface area contributed by atoms with Crippen LogP contribution < -0.4 is 19.5 Å². The fraction of sp³-hybridized carbons (Fsp3) is 0.250. The molecule has 1 aromatic carbocycles. The molecular weight excluding hydrogens is 406 g/mol. The Morgan fingerprint density at radius 1 is 1.10 bits per heavy atom. The van der Waals surface area contributed by atoms with E-state index in [4.69, 9.17) is 19.0 Å².